The molecule has 0 aliphatic carbocycles. The van der Waals surface area contributed by atoms with Gasteiger partial charge < -0.3 is 20.8 Å². The lowest BCUT2D eigenvalue weighted by atomic mass is 10.1. The number of nitrogen functional groups attached to an aromatic ring is 1. The fraction of sp³-hybridized carbons (Fsp3) is 0.381. The third-order valence-electron chi connectivity index (χ3n) is 4.05. The van der Waals surface area contributed by atoms with Crippen molar-refractivity contribution in [1.29, 1.82) is 0 Å². The van der Waals surface area contributed by atoms with Crippen molar-refractivity contribution in [2.45, 2.75) is 26.2 Å². The quantitative estimate of drug-likeness (QED) is 0.473. The van der Waals surface area contributed by atoms with Crippen LogP contribution in [0.1, 0.15) is 35.7 Å². The number of benzene rings is 2. The molecule has 0 spiro atoms. The highest BCUT2D eigenvalue weighted by atomic mass is 16.4. The highest BCUT2D eigenvalue weighted by Gasteiger charge is 2.02. The molecule has 0 radical (unpaired) electrons. The van der Waals surface area contributed by atoms with E-state index in [1.54, 1.807) is 12.1 Å². The van der Waals surface area contributed by atoms with E-state index in [2.05, 4.69) is 42.2 Å². The van der Waals surface area contributed by atoms with E-state index >= 15 is 0 Å². The zero-order valence-electron chi connectivity index (χ0n) is 15.5. The number of aliphatic hydroxyl groups excluding tert-OH is 1. The maximum absolute atomic E-state index is 10.3. The van der Waals surface area contributed by atoms with Crippen LogP contribution in [0.2, 0.25) is 0 Å². The SMILES string of the molecule is CCN(CCCCO)CCc1ccccc1.Nc1ccc(C(=O)O)cc1. The molecule has 2 aromatic rings. The lowest BCUT2D eigenvalue weighted by Crippen LogP contribution is -2.27. The van der Waals surface area contributed by atoms with Gasteiger partial charge in [-0.15, -0.1) is 0 Å². The van der Waals surface area contributed by atoms with E-state index in [0.717, 1.165) is 38.9 Å². The standard InChI is InChI=1S/C14H23NO.C7H7NO2/c1-2-15(11-6-7-13-16)12-10-14-8-4-3-5-9-14;8-6-3-1-5(2-4-6)7(9)10/h3-5,8-9,16H,2,6-7,10-13H2,1H3;1-4H,8H2,(H,9,10). The van der Waals surface area contributed by atoms with E-state index in [1.165, 1.54) is 17.7 Å². The Balaban J connectivity index is 0.000000289. The Morgan fingerprint density at radius 3 is 2.19 bits per heavy atom. The summed E-state index contributed by atoms with van der Waals surface area (Å²) in [7, 11) is 0. The Labute approximate surface area is 156 Å². The van der Waals surface area contributed by atoms with Gasteiger partial charge in [-0.05, 0) is 62.2 Å². The number of unbranched alkanes of at least 4 members (excludes halogenated alkanes) is 1. The van der Waals surface area contributed by atoms with E-state index in [9.17, 15) is 4.79 Å². The van der Waals surface area contributed by atoms with Crippen LogP contribution >= 0.6 is 0 Å². The van der Waals surface area contributed by atoms with Crippen molar-refractivity contribution >= 4 is 11.7 Å². The van der Waals surface area contributed by atoms with Gasteiger partial charge in [-0.3, -0.25) is 0 Å². The van der Waals surface area contributed by atoms with Crippen LogP contribution < -0.4 is 5.73 Å². The first-order chi connectivity index (χ1) is 12.6. The zero-order valence-corrected chi connectivity index (χ0v) is 15.5. The zero-order chi connectivity index (χ0) is 19.2. The van der Waals surface area contributed by atoms with E-state index < -0.39 is 5.97 Å². The van der Waals surface area contributed by atoms with Gasteiger partial charge in [0.25, 0.3) is 0 Å². The van der Waals surface area contributed by atoms with Crippen molar-refractivity contribution in [2.75, 3.05) is 32.0 Å². The number of nitrogens with two attached hydrogens (primary N) is 1. The maximum Gasteiger partial charge on any atom is 0.335 e. The Morgan fingerprint density at radius 1 is 1.00 bits per heavy atom. The Hall–Kier alpha value is -2.37. The van der Waals surface area contributed by atoms with Crippen LogP contribution in [0.15, 0.2) is 54.6 Å². The van der Waals surface area contributed by atoms with Gasteiger partial charge in [-0.2, -0.15) is 0 Å². The van der Waals surface area contributed by atoms with Crippen LogP contribution in [0.25, 0.3) is 0 Å². The first kappa shape index (κ1) is 21.7. The molecule has 0 atom stereocenters. The normalized spacial score (nSPS) is 10.3. The third-order valence-corrected chi connectivity index (χ3v) is 4.05. The number of likely N-dealkylation sites (N-methyl/N-ethyl adjacent to an activating group) is 1. The van der Waals surface area contributed by atoms with Crippen molar-refractivity contribution in [1.82, 2.24) is 4.90 Å². The van der Waals surface area contributed by atoms with Gasteiger partial charge in [0.1, 0.15) is 0 Å². The fourth-order valence-corrected chi connectivity index (χ4v) is 2.43. The van der Waals surface area contributed by atoms with E-state index in [1.807, 2.05) is 0 Å². The molecule has 0 fully saturated rings. The molecule has 0 aliphatic heterocycles. The summed E-state index contributed by atoms with van der Waals surface area (Å²) in [6, 6.07) is 16.7. The molecule has 0 saturated heterocycles. The summed E-state index contributed by atoms with van der Waals surface area (Å²) in [4.78, 5) is 12.7. The average Bonchev–Trinajstić information content (AvgIpc) is 2.66. The molecule has 2 aromatic carbocycles. The van der Waals surface area contributed by atoms with Gasteiger partial charge in [0, 0.05) is 18.8 Å². The second-order valence-corrected chi connectivity index (χ2v) is 6.03. The smallest absolute Gasteiger partial charge is 0.335 e. The van der Waals surface area contributed by atoms with E-state index in [4.69, 9.17) is 15.9 Å². The topological polar surface area (TPSA) is 86.8 Å². The molecule has 2 rings (SSSR count). The highest BCUT2D eigenvalue weighted by molar-refractivity contribution is 5.87. The minimum Gasteiger partial charge on any atom is -0.478 e. The molecule has 26 heavy (non-hydrogen) atoms. The number of rotatable bonds is 9. The van der Waals surface area contributed by atoms with Crippen molar-refractivity contribution < 1.29 is 15.0 Å². The van der Waals surface area contributed by atoms with Crippen LogP contribution in [-0.2, 0) is 6.42 Å². The Morgan fingerprint density at radius 2 is 1.65 bits per heavy atom. The van der Waals surface area contributed by atoms with Gasteiger partial charge in [0.15, 0.2) is 0 Å². The molecule has 4 N–H and O–H groups in total. The third kappa shape index (κ3) is 9.20. The molecular weight excluding hydrogens is 328 g/mol. The first-order valence-electron chi connectivity index (χ1n) is 9.02. The second-order valence-electron chi connectivity index (χ2n) is 6.03. The van der Waals surface area contributed by atoms with Gasteiger partial charge in [-0.25, -0.2) is 4.79 Å². The van der Waals surface area contributed by atoms with Crippen LogP contribution in [-0.4, -0.2) is 47.3 Å². The monoisotopic (exact) mass is 358 g/mol. The number of aliphatic hydroxyl groups is 1. The largest absolute Gasteiger partial charge is 0.478 e. The summed E-state index contributed by atoms with van der Waals surface area (Å²) in [5, 5.41) is 17.2. The summed E-state index contributed by atoms with van der Waals surface area (Å²) >= 11 is 0. The number of carbonyl (C=O) groups is 1. The minimum absolute atomic E-state index is 0.259. The van der Waals surface area contributed by atoms with Crippen molar-refractivity contribution in [3.8, 4) is 0 Å². The summed E-state index contributed by atoms with van der Waals surface area (Å²) in [5.74, 6) is -0.931. The van der Waals surface area contributed by atoms with Crippen molar-refractivity contribution in [2.24, 2.45) is 0 Å². The number of carboxylic acid groups (broad SMARTS) is 1. The van der Waals surface area contributed by atoms with Crippen LogP contribution in [0, 0.1) is 0 Å². The molecule has 0 bridgehead atoms. The average molecular weight is 358 g/mol. The molecule has 5 heteroatoms. The van der Waals surface area contributed by atoms with E-state index in [-0.39, 0.29) is 5.56 Å². The number of aromatic carboxylic acids is 1. The second kappa shape index (κ2) is 12.9. The highest BCUT2D eigenvalue weighted by Crippen LogP contribution is 2.04. The van der Waals surface area contributed by atoms with Crippen LogP contribution in [0.5, 0.6) is 0 Å². The van der Waals surface area contributed by atoms with E-state index in [0.29, 0.717) is 12.3 Å². The molecule has 5 nitrogen and oxygen atoms in total. The predicted molar refractivity (Wildman–Crippen MR) is 106 cm³/mol. The lowest BCUT2D eigenvalue weighted by Gasteiger charge is -2.20. The first-order valence-corrected chi connectivity index (χ1v) is 9.02. The van der Waals surface area contributed by atoms with Gasteiger partial charge in [-0.1, -0.05) is 37.3 Å². The number of hydrogen-bond acceptors (Lipinski definition) is 4. The summed E-state index contributed by atoms with van der Waals surface area (Å²) in [6.07, 6.45) is 3.13. The van der Waals surface area contributed by atoms with Gasteiger partial charge >= 0.3 is 5.97 Å². The summed E-state index contributed by atoms with van der Waals surface area (Å²) in [5.41, 5.74) is 7.57. The van der Waals surface area contributed by atoms with Crippen molar-refractivity contribution in [3.63, 3.8) is 0 Å². The maximum atomic E-state index is 10.3. The van der Waals surface area contributed by atoms with Gasteiger partial charge in [0.2, 0.25) is 0 Å². The van der Waals surface area contributed by atoms with Crippen molar-refractivity contribution in [3.05, 3.63) is 65.7 Å². The molecule has 0 saturated carbocycles. The Kier molecular flexibility index (Phi) is 10.8. The molecule has 0 aliphatic rings. The number of hydrogen-bond donors (Lipinski definition) is 3. The molecule has 0 aromatic heterocycles. The summed E-state index contributed by atoms with van der Waals surface area (Å²) in [6.45, 7) is 5.83. The fourth-order valence-electron chi connectivity index (χ4n) is 2.43. The minimum atomic E-state index is -0.931. The molecule has 142 valence electrons. The number of anilines is 1. The van der Waals surface area contributed by atoms with Crippen LogP contribution in [0.4, 0.5) is 5.69 Å². The summed E-state index contributed by atoms with van der Waals surface area (Å²) < 4.78 is 0. The van der Waals surface area contributed by atoms with Crippen LogP contribution in [0.3, 0.4) is 0 Å². The van der Waals surface area contributed by atoms with Gasteiger partial charge in [0.05, 0.1) is 5.56 Å². The number of nitrogens with zero attached hydrogens (tertiary/aromatic N) is 1. The predicted octanol–water partition coefficient (Wildman–Crippen LogP) is 3.29. The number of carboxylic acids is 1. The lowest BCUT2D eigenvalue weighted by molar-refractivity contribution is 0.0697. The molecule has 0 amide bonds. The molecule has 0 unspecified atom stereocenters. The molecule has 0 heterocycles. The Bertz CT molecular complexity index is 615. The molecular formula is C21H30N2O3.